The molecule has 1 N–H and O–H groups in total. The van der Waals surface area contributed by atoms with Crippen LogP contribution in [0.3, 0.4) is 0 Å². The minimum absolute atomic E-state index is 0.0348. The third-order valence-corrected chi connectivity index (χ3v) is 7.03. The van der Waals surface area contributed by atoms with Gasteiger partial charge in [-0.2, -0.15) is 0 Å². The van der Waals surface area contributed by atoms with E-state index in [4.69, 9.17) is 4.74 Å². The average molecular weight is 332 g/mol. The van der Waals surface area contributed by atoms with Crippen molar-refractivity contribution < 1.29 is 19.4 Å². The van der Waals surface area contributed by atoms with Gasteiger partial charge in [-0.15, -0.1) is 0 Å². The molecule has 5 unspecified atom stereocenters. The van der Waals surface area contributed by atoms with Crippen molar-refractivity contribution in [2.24, 2.45) is 28.6 Å². The summed E-state index contributed by atoms with van der Waals surface area (Å²) in [6, 6.07) is 0. The van der Waals surface area contributed by atoms with E-state index < -0.39 is 5.41 Å². The Kier molecular flexibility index (Phi) is 4.45. The molecule has 5 atom stereocenters. The van der Waals surface area contributed by atoms with Gasteiger partial charge in [0.25, 0.3) is 0 Å². The summed E-state index contributed by atoms with van der Waals surface area (Å²) in [6.07, 6.45) is 8.14. The second-order valence-corrected chi connectivity index (χ2v) is 8.26. The zero-order valence-corrected chi connectivity index (χ0v) is 14.7. The lowest BCUT2D eigenvalue weighted by molar-refractivity contribution is -0.152. The molecule has 0 aromatic rings. The molecule has 0 spiro atoms. The molecular weight excluding hydrogens is 304 g/mol. The molecule has 3 rings (SSSR count). The lowest BCUT2D eigenvalue weighted by atomic mass is 9.46. The summed E-state index contributed by atoms with van der Waals surface area (Å²) in [7, 11) is 0. The van der Waals surface area contributed by atoms with E-state index in [0.29, 0.717) is 6.42 Å². The Bertz CT molecular complexity index is 592. The van der Waals surface area contributed by atoms with E-state index in [2.05, 4.69) is 13.5 Å². The number of hydrogen-bond donors (Lipinski definition) is 1. The minimum atomic E-state index is -0.641. The number of ether oxygens (including phenoxy) is 1. The number of aliphatic hydroxyl groups excluding tert-OH is 1. The van der Waals surface area contributed by atoms with Gasteiger partial charge in [-0.25, -0.2) is 0 Å². The van der Waals surface area contributed by atoms with Crippen LogP contribution in [0.2, 0.25) is 0 Å². The lowest BCUT2D eigenvalue weighted by Gasteiger charge is -2.57. The third-order valence-electron chi connectivity index (χ3n) is 7.03. The molecule has 0 aromatic heterocycles. The van der Waals surface area contributed by atoms with Crippen molar-refractivity contribution in [2.75, 3.05) is 6.61 Å². The summed E-state index contributed by atoms with van der Waals surface area (Å²) in [4.78, 5) is 24.2. The predicted octanol–water partition coefficient (Wildman–Crippen LogP) is 3.40. The molecule has 3 aliphatic rings. The number of rotatable bonds is 4. The SMILES string of the molecule is C=C1CCC2C(C)(CO)C(=O)CCC2(C)C1CCC1C=COC1=O. The number of aliphatic hydroxyl groups is 1. The van der Waals surface area contributed by atoms with E-state index >= 15 is 0 Å². The first-order chi connectivity index (χ1) is 11.3. The molecule has 4 nitrogen and oxygen atoms in total. The van der Waals surface area contributed by atoms with Gasteiger partial charge in [0.15, 0.2) is 0 Å². The largest absolute Gasteiger partial charge is 0.434 e. The number of carbonyl (C=O) groups is 2. The summed E-state index contributed by atoms with van der Waals surface area (Å²) in [5.74, 6) is 0.337. The maximum absolute atomic E-state index is 12.5. The first-order valence-electron chi connectivity index (χ1n) is 9.02. The molecule has 4 heteroatoms. The zero-order chi connectivity index (χ0) is 17.5. The van der Waals surface area contributed by atoms with Crippen molar-refractivity contribution in [3.05, 3.63) is 24.5 Å². The van der Waals surface area contributed by atoms with Gasteiger partial charge in [-0.05, 0) is 55.4 Å². The lowest BCUT2D eigenvalue weighted by Crippen LogP contribution is -2.55. The van der Waals surface area contributed by atoms with Crippen LogP contribution < -0.4 is 0 Å². The van der Waals surface area contributed by atoms with Crippen LogP contribution in [0.15, 0.2) is 24.5 Å². The fraction of sp³-hybridized carbons (Fsp3) is 0.700. The van der Waals surface area contributed by atoms with Crippen molar-refractivity contribution in [3.8, 4) is 0 Å². The van der Waals surface area contributed by atoms with Crippen LogP contribution in [0.1, 0.15) is 52.4 Å². The number of Topliss-reactive ketones (excluding diaryl/α,β-unsaturated/α-hetero) is 1. The molecule has 0 amide bonds. The fourth-order valence-corrected chi connectivity index (χ4v) is 5.46. The smallest absolute Gasteiger partial charge is 0.317 e. The van der Waals surface area contributed by atoms with Crippen molar-refractivity contribution in [1.82, 2.24) is 0 Å². The van der Waals surface area contributed by atoms with Gasteiger partial charge in [0.2, 0.25) is 0 Å². The highest BCUT2D eigenvalue weighted by Crippen LogP contribution is 2.60. The molecule has 0 radical (unpaired) electrons. The molecule has 132 valence electrons. The van der Waals surface area contributed by atoms with E-state index in [1.807, 2.05) is 13.0 Å². The van der Waals surface area contributed by atoms with Gasteiger partial charge < -0.3 is 9.84 Å². The van der Waals surface area contributed by atoms with Crippen LogP contribution in [0.5, 0.6) is 0 Å². The molecule has 2 aliphatic carbocycles. The number of ketones is 1. The van der Waals surface area contributed by atoms with Crippen LogP contribution in [-0.2, 0) is 14.3 Å². The molecule has 2 saturated carbocycles. The second kappa shape index (κ2) is 6.14. The molecule has 2 fully saturated rings. The summed E-state index contributed by atoms with van der Waals surface area (Å²) >= 11 is 0. The zero-order valence-electron chi connectivity index (χ0n) is 14.7. The van der Waals surface area contributed by atoms with Gasteiger partial charge >= 0.3 is 5.97 Å². The Morgan fingerprint density at radius 1 is 1.29 bits per heavy atom. The summed E-state index contributed by atoms with van der Waals surface area (Å²) in [6.45, 7) is 8.42. The van der Waals surface area contributed by atoms with E-state index in [1.54, 1.807) is 0 Å². The Morgan fingerprint density at radius 2 is 2.04 bits per heavy atom. The Hall–Kier alpha value is -1.42. The monoisotopic (exact) mass is 332 g/mol. The van der Waals surface area contributed by atoms with Gasteiger partial charge in [-0.1, -0.05) is 26.0 Å². The highest BCUT2D eigenvalue weighted by molar-refractivity contribution is 5.86. The van der Waals surface area contributed by atoms with Crippen molar-refractivity contribution in [3.63, 3.8) is 0 Å². The molecule has 1 heterocycles. The van der Waals surface area contributed by atoms with Gasteiger partial charge in [0, 0.05) is 6.42 Å². The van der Waals surface area contributed by atoms with Crippen molar-refractivity contribution in [1.29, 1.82) is 0 Å². The second-order valence-electron chi connectivity index (χ2n) is 8.26. The molecule has 0 saturated heterocycles. The van der Waals surface area contributed by atoms with E-state index in [9.17, 15) is 14.7 Å². The van der Waals surface area contributed by atoms with Crippen LogP contribution in [-0.4, -0.2) is 23.5 Å². The third kappa shape index (κ3) is 2.55. The highest BCUT2D eigenvalue weighted by atomic mass is 16.5. The molecule has 0 bridgehead atoms. The molecule has 24 heavy (non-hydrogen) atoms. The number of carbonyl (C=O) groups excluding carboxylic acids is 2. The summed E-state index contributed by atoms with van der Waals surface area (Å²) in [5.41, 5.74) is 0.559. The first-order valence-corrected chi connectivity index (χ1v) is 9.02. The Balaban J connectivity index is 1.82. The normalized spacial score (nSPS) is 42.1. The van der Waals surface area contributed by atoms with Gasteiger partial charge in [0.1, 0.15) is 5.78 Å². The van der Waals surface area contributed by atoms with Gasteiger partial charge in [0.05, 0.1) is 24.2 Å². The number of fused-ring (bicyclic) bond motifs is 1. The van der Waals surface area contributed by atoms with Crippen molar-refractivity contribution in [2.45, 2.75) is 52.4 Å². The molecule has 0 aromatic carbocycles. The van der Waals surface area contributed by atoms with Crippen molar-refractivity contribution >= 4 is 11.8 Å². The minimum Gasteiger partial charge on any atom is -0.434 e. The van der Waals surface area contributed by atoms with E-state index in [-0.39, 0.29) is 41.5 Å². The maximum atomic E-state index is 12.5. The number of allylic oxidation sites excluding steroid dienone is 1. The quantitative estimate of drug-likeness (QED) is 0.633. The standard InChI is InChI=1S/C20H28O4/c1-13-4-7-16-19(2,10-8-17(22)20(16,3)12-21)15(13)6-5-14-9-11-24-18(14)23/h9,11,14-16,21H,1,4-8,10,12H2,2-3H3. The van der Waals surface area contributed by atoms with Gasteiger partial charge in [-0.3, -0.25) is 9.59 Å². The topological polar surface area (TPSA) is 63.6 Å². The molecule has 1 aliphatic heterocycles. The maximum Gasteiger partial charge on any atom is 0.317 e. The Labute approximate surface area is 144 Å². The number of hydrogen-bond acceptors (Lipinski definition) is 4. The van der Waals surface area contributed by atoms with Crippen LogP contribution in [0.4, 0.5) is 0 Å². The summed E-state index contributed by atoms with van der Waals surface area (Å²) in [5, 5.41) is 9.95. The molecular formula is C20H28O4. The summed E-state index contributed by atoms with van der Waals surface area (Å²) < 4.78 is 4.91. The first kappa shape index (κ1) is 17.4. The van der Waals surface area contributed by atoms with E-state index in [1.165, 1.54) is 11.8 Å². The van der Waals surface area contributed by atoms with Crippen LogP contribution >= 0.6 is 0 Å². The van der Waals surface area contributed by atoms with E-state index in [0.717, 1.165) is 32.1 Å². The predicted molar refractivity (Wildman–Crippen MR) is 90.9 cm³/mol. The Morgan fingerprint density at radius 3 is 2.67 bits per heavy atom. The average Bonchev–Trinajstić information content (AvgIpc) is 2.96. The van der Waals surface area contributed by atoms with Crippen LogP contribution in [0, 0.1) is 28.6 Å². The number of esters is 1. The van der Waals surface area contributed by atoms with Crippen LogP contribution in [0.25, 0.3) is 0 Å². The fourth-order valence-electron chi connectivity index (χ4n) is 5.46. The highest BCUT2D eigenvalue weighted by Gasteiger charge is 2.57. The number of cyclic esters (lactones) is 1.